The Kier molecular flexibility index (Phi) is 5.29. The topological polar surface area (TPSA) is 77.1 Å². The minimum atomic E-state index is -3.52. The van der Waals surface area contributed by atoms with Gasteiger partial charge in [-0.05, 0) is 35.4 Å². The van der Waals surface area contributed by atoms with Crippen LogP contribution in [0.15, 0.2) is 48.7 Å². The molecule has 1 aliphatic heterocycles. The smallest absolute Gasteiger partial charge is 0.228 e. The van der Waals surface area contributed by atoms with Gasteiger partial charge in [-0.2, -0.15) is 0 Å². The Hall–Kier alpha value is -2.71. The molecule has 2 aromatic carbocycles. The molecule has 0 spiro atoms. The minimum Gasteiger partial charge on any atom is -0.497 e. The number of nitrogens with one attached hydrogen (secondary N) is 1. The van der Waals surface area contributed by atoms with Crippen LogP contribution >= 0.6 is 0 Å². The third-order valence-corrected chi connectivity index (χ3v) is 5.39. The monoisotopic (exact) mass is 390 g/mol. The Labute approximate surface area is 159 Å². The summed E-state index contributed by atoms with van der Waals surface area (Å²) in [4.78, 5) is 0. The molecular weight excluding hydrogens is 368 g/mol. The van der Waals surface area contributed by atoms with Crippen molar-refractivity contribution in [2.24, 2.45) is 0 Å². The second-order valence-electron chi connectivity index (χ2n) is 6.04. The number of ether oxygens (including phenoxy) is 3. The average Bonchev–Trinajstić information content (AvgIpc) is 3.13. The van der Waals surface area contributed by atoms with Crippen LogP contribution in [0.5, 0.6) is 17.2 Å². The molecule has 0 aliphatic carbocycles. The summed E-state index contributed by atoms with van der Waals surface area (Å²) in [5.41, 5.74) is 5.26. The van der Waals surface area contributed by atoms with Gasteiger partial charge in [-0.15, -0.1) is 4.41 Å². The highest BCUT2D eigenvalue weighted by Gasteiger charge is 2.36. The molecule has 1 N–H and O–H groups in total. The molecule has 1 atom stereocenters. The maximum absolute atomic E-state index is 12.3. The van der Waals surface area contributed by atoms with E-state index in [1.807, 2.05) is 36.4 Å². The minimum absolute atomic E-state index is 0.548. The highest BCUT2D eigenvalue weighted by Crippen LogP contribution is 2.41. The van der Waals surface area contributed by atoms with Crippen LogP contribution in [0.1, 0.15) is 17.2 Å². The van der Waals surface area contributed by atoms with E-state index in [4.69, 9.17) is 14.2 Å². The average molecular weight is 390 g/mol. The van der Waals surface area contributed by atoms with Crippen molar-refractivity contribution in [3.63, 3.8) is 0 Å². The first kappa shape index (κ1) is 19.1. The van der Waals surface area contributed by atoms with Crippen LogP contribution in [-0.4, -0.2) is 40.4 Å². The van der Waals surface area contributed by atoms with E-state index in [1.165, 1.54) is 10.7 Å². The van der Waals surface area contributed by atoms with Gasteiger partial charge in [-0.25, -0.2) is 8.42 Å². The maximum Gasteiger partial charge on any atom is 0.228 e. The molecule has 0 saturated carbocycles. The molecule has 0 radical (unpaired) electrons. The van der Waals surface area contributed by atoms with Gasteiger partial charge in [0, 0.05) is 11.8 Å². The van der Waals surface area contributed by atoms with Crippen LogP contribution < -0.4 is 19.6 Å². The van der Waals surface area contributed by atoms with Crippen molar-refractivity contribution in [1.29, 1.82) is 0 Å². The van der Waals surface area contributed by atoms with Gasteiger partial charge in [0.1, 0.15) is 5.75 Å². The fraction of sp³-hybridized carbons (Fsp3) is 0.263. The number of nitrogens with zero attached hydrogens (tertiary/aromatic N) is 1. The summed E-state index contributed by atoms with van der Waals surface area (Å²) in [5.74, 6) is 1.82. The largest absolute Gasteiger partial charge is 0.497 e. The summed E-state index contributed by atoms with van der Waals surface area (Å²) < 4.78 is 41.9. The molecule has 0 fully saturated rings. The van der Waals surface area contributed by atoms with Gasteiger partial charge in [-0.3, -0.25) is 0 Å². The van der Waals surface area contributed by atoms with E-state index in [1.54, 1.807) is 33.6 Å². The van der Waals surface area contributed by atoms with Gasteiger partial charge >= 0.3 is 0 Å². The Bertz CT molecular complexity index is 972. The van der Waals surface area contributed by atoms with Gasteiger partial charge in [0.25, 0.3) is 0 Å². The summed E-state index contributed by atoms with van der Waals surface area (Å²) in [6.45, 7) is 0. The summed E-state index contributed by atoms with van der Waals surface area (Å²) >= 11 is 0. The van der Waals surface area contributed by atoms with Crippen LogP contribution in [0.4, 0.5) is 0 Å². The Morgan fingerprint density at radius 3 is 2.33 bits per heavy atom. The van der Waals surface area contributed by atoms with Crippen molar-refractivity contribution in [3.05, 3.63) is 59.8 Å². The number of hydrazine groups is 1. The zero-order valence-electron chi connectivity index (χ0n) is 15.6. The molecule has 1 heterocycles. The summed E-state index contributed by atoms with van der Waals surface area (Å²) in [7, 11) is 1.19. The Morgan fingerprint density at radius 1 is 0.963 bits per heavy atom. The maximum atomic E-state index is 12.3. The lowest BCUT2D eigenvalue weighted by Gasteiger charge is -2.25. The number of rotatable bonds is 6. The molecule has 0 saturated heterocycles. The van der Waals surface area contributed by atoms with Crippen molar-refractivity contribution in [1.82, 2.24) is 9.84 Å². The fourth-order valence-corrected chi connectivity index (χ4v) is 3.95. The molecule has 2 aromatic rings. The summed E-state index contributed by atoms with van der Waals surface area (Å²) in [6, 6.07) is 12.3. The van der Waals surface area contributed by atoms with Crippen molar-refractivity contribution >= 4 is 15.6 Å². The van der Waals surface area contributed by atoms with Gasteiger partial charge in [0.15, 0.2) is 11.5 Å². The molecule has 144 valence electrons. The molecule has 1 unspecified atom stereocenters. The molecule has 3 rings (SSSR count). The molecule has 1 aliphatic rings. The number of methoxy groups -OCH3 is 3. The second kappa shape index (κ2) is 7.50. The van der Waals surface area contributed by atoms with Gasteiger partial charge in [0.2, 0.25) is 10.0 Å². The van der Waals surface area contributed by atoms with E-state index in [-0.39, 0.29) is 0 Å². The van der Waals surface area contributed by atoms with Gasteiger partial charge in [-0.1, -0.05) is 18.2 Å². The Balaban J connectivity index is 2.11. The van der Waals surface area contributed by atoms with Crippen LogP contribution in [0.3, 0.4) is 0 Å². The third kappa shape index (κ3) is 3.72. The van der Waals surface area contributed by atoms with Crippen LogP contribution in [0.2, 0.25) is 0 Å². The lowest BCUT2D eigenvalue weighted by Crippen LogP contribution is -2.38. The van der Waals surface area contributed by atoms with Crippen molar-refractivity contribution < 1.29 is 22.6 Å². The van der Waals surface area contributed by atoms with Crippen LogP contribution in [0.25, 0.3) is 5.57 Å². The molecule has 0 aromatic heterocycles. The number of benzene rings is 2. The van der Waals surface area contributed by atoms with Crippen molar-refractivity contribution in [2.45, 2.75) is 6.04 Å². The van der Waals surface area contributed by atoms with E-state index in [9.17, 15) is 8.42 Å². The quantitative estimate of drug-likeness (QED) is 0.817. The number of hydrogen-bond donors (Lipinski definition) is 1. The van der Waals surface area contributed by atoms with Gasteiger partial charge < -0.3 is 19.6 Å². The van der Waals surface area contributed by atoms with E-state index < -0.39 is 16.1 Å². The van der Waals surface area contributed by atoms with E-state index in [0.29, 0.717) is 17.2 Å². The number of hydrogen-bond acceptors (Lipinski definition) is 6. The van der Waals surface area contributed by atoms with E-state index >= 15 is 0 Å². The molecule has 7 nitrogen and oxygen atoms in total. The lowest BCUT2D eigenvalue weighted by atomic mass is 9.94. The normalized spacial score (nSPS) is 17.2. The highest BCUT2D eigenvalue weighted by molar-refractivity contribution is 7.88. The summed E-state index contributed by atoms with van der Waals surface area (Å²) in [5, 5.41) is 0. The predicted octanol–water partition coefficient (Wildman–Crippen LogP) is 2.57. The SMILES string of the molecule is COc1cccc(C2C(c3ccc(OC)c(OC)c3)=CNN2S(C)(=O)=O)c1. The molecule has 27 heavy (non-hydrogen) atoms. The molecule has 8 heteroatoms. The van der Waals surface area contributed by atoms with Crippen molar-refractivity contribution in [3.8, 4) is 17.2 Å². The van der Waals surface area contributed by atoms with Crippen LogP contribution in [0, 0.1) is 0 Å². The first-order valence-electron chi connectivity index (χ1n) is 8.21. The standard InChI is InChI=1S/C19H22N2O5S/c1-24-15-7-5-6-14(10-15)19-16(12-20-21(19)27(4,22)23)13-8-9-17(25-2)18(11-13)26-3/h5-12,19-20H,1-4H3. The summed E-state index contributed by atoms with van der Waals surface area (Å²) in [6.07, 6.45) is 2.85. The highest BCUT2D eigenvalue weighted by atomic mass is 32.2. The van der Waals surface area contributed by atoms with E-state index in [0.717, 1.165) is 16.7 Å². The predicted molar refractivity (Wildman–Crippen MR) is 103 cm³/mol. The van der Waals surface area contributed by atoms with Crippen LogP contribution in [-0.2, 0) is 10.0 Å². The second-order valence-corrected chi connectivity index (χ2v) is 7.90. The first-order valence-corrected chi connectivity index (χ1v) is 10.1. The lowest BCUT2D eigenvalue weighted by molar-refractivity contribution is 0.348. The fourth-order valence-electron chi connectivity index (χ4n) is 3.08. The first-order chi connectivity index (χ1) is 12.9. The Morgan fingerprint density at radius 2 is 1.70 bits per heavy atom. The third-order valence-electron chi connectivity index (χ3n) is 4.36. The zero-order valence-corrected chi connectivity index (χ0v) is 16.4. The zero-order chi connectivity index (χ0) is 19.6. The van der Waals surface area contributed by atoms with Crippen molar-refractivity contribution in [2.75, 3.05) is 27.6 Å². The molecule has 0 bridgehead atoms. The molecular formula is C19H22N2O5S. The number of sulfonamides is 1. The molecule has 0 amide bonds. The van der Waals surface area contributed by atoms with Gasteiger partial charge in [0.05, 0.1) is 33.6 Å². The van der Waals surface area contributed by atoms with E-state index in [2.05, 4.69) is 5.43 Å².